The van der Waals surface area contributed by atoms with Crippen LogP contribution in [0.2, 0.25) is 0 Å². The summed E-state index contributed by atoms with van der Waals surface area (Å²) in [7, 11) is 0. The summed E-state index contributed by atoms with van der Waals surface area (Å²) in [4.78, 5) is 14.1. The van der Waals surface area contributed by atoms with Gasteiger partial charge in [0.05, 0.1) is 6.54 Å². The van der Waals surface area contributed by atoms with E-state index in [9.17, 15) is 4.79 Å². The molecule has 1 aromatic carbocycles. The third-order valence-electron chi connectivity index (χ3n) is 3.87. The van der Waals surface area contributed by atoms with Crippen molar-refractivity contribution in [2.45, 2.75) is 32.2 Å². The molecule has 0 saturated heterocycles. The molecule has 0 radical (unpaired) electrons. The van der Waals surface area contributed by atoms with Crippen LogP contribution in [0.3, 0.4) is 0 Å². The van der Waals surface area contributed by atoms with E-state index in [-0.39, 0.29) is 12.5 Å². The van der Waals surface area contributed by atoms with Crippen LogP contribution in [0.5, 0.6) is 0 Å². The zero-order valence-electron chi connectivity index (χ0n) is 12.1. The molecule has 1 atom stereocenters. The number of benzene rings is 1. The van der Waals surface area contributed by atoms with Crippen LogP contribution in [0, 0.1) is 0 Å². The molecule has 2 N–H and O–H groups in total. The minimum atomic E-state index is 0.0646. The molecular weight excluding hydrogens is 252 g/mol. The average molecular weight is 276 g/mol. The lowest BCUT2D eigenvalue weighted by molar-refractivity contribution is -0.122. The highest BCUT2D eigenvalue weighted by atomic mass is 16.3. The van der Waals surface area contributed by atoms with Gasteiger partial charge in [0.2, 0.25) is 5.91 Å². The van der Waals surface area contributed by atoms with E-state index in [1.807, 2.05) is 6.92 Å². The lowest BCUT2D eigenvalue weighted by atomic mass is 10.1. The number of amides is 1. The van der Waals surface area contributed by atoms with Gasteiger partial charge in [-0.1, -0.05) is 24.3 Å². The lowest BCUT2D eigenvalue weighted by Gasteiger charge is -2.28. The molecule has 4 nitrogen and oxygen atoms in total. The summed E-state index contributed by atoms with van der Waals surface area (Å²) < 4.78 is 0. The Morgan fingerprint density at radius 3 is 3.00 bits per heavy atom. The van der Waals surface area contributed by atoms with E-state index in [0.717, 1.165) is 19.4 Å². The Hall–Kier alpha value is -1.39. The monoisotopic (exact) mass is 276 g/mol. The Morgan fingerprint density at radius 2 is 2.25 bits per heavy atom. The number of likely N-dealkylation sites (N-methyl/N-ethyl adjacent to an activating group) is 1. The largest absolute Gasteiger partial charge is 0.396 e. The predicted molar refractivity (Wildman–Crippen MR) is 79.5 cm³/mol. The van der Waals surface area contributed by atoms with Gasteiger partial charge in [0.15, 0.2) is 0 Å². The van der Waals surface area contributed by atoms with E-state index in [2.05, 4.69) is 34.5 Å². The molecule has 1 amide bonds. The second kappa shape index (κ2) is 7.41. The molecule has 0 spiro atoms. The van der Waals surface area contributed by atoms with Crippen LogP contribution in [0.15, 0.2) is 24.3 Å². The highest BCUT2D eigenvalue weighted by Gasteiger charge is 2.28. The summed E-state index contributed by atoms with van der Waals surface area (Å²) in [5, 5.41) is 11.9. The maximum absolute atomic E-state index is 11.9. The smallest absolute Gasteiger partial charge is 0.234 e. The molecule has 110 valence electrons. The first-order valence-electron chi connectivity index (χ1n) is 7.45. The van der Waals surface area contributed by atoms with Crippen LogP contribution in [0.1, 0.15) is 36.9 Å². The molecule has 1 aliphatic carbocycles. The maximum atomic E-state index is 11.9. The molecule has 0 saturated carbocycles. The van der Waals surface area contributed by atoms with Crippen molar-refractivity contribution in [2.24, 2.45) is 0 Å². The van der Waals surface area contributed by atoms with Crippen molar-refractivity contribution in [2.75, 3.05) is 26.2 Å². The van der Waals surface area contributed by atoms with Crippen LogP contribution < -0.4 is 5.32 Å². The zero-order chi connectivity index (χ0) is 14.4. The number of nitrogens with zero attached hydrogens (tertiary/aromatic N) is 1. The Bertz CT molecular complexity index is 448. The van der Waals surface area contributed by atoms with Crippen molar-refractivity contribution in [3.05, 3.63) is 35.4 Å². The molecule has 4 heteroatoms. The number of carbonyl (C=O) groups excluding carboxylic acids is 1. The molecule has 1 aromatic rings. The number of rotatable bonds is 7. The van der Waals surface area contributed by atoms with Gasteiger partial charge in [-0.3, -0.25) is 9.69 Å². The molecule has 2 rings (SSSR count). The van der Waals surface area contributed by atoms with Crippen molar-refractivity contribution in [1.82, 2.24) is 10.2 Å². The molecule has 1 unspecified atom stereocenters. The summed E-state index contributed by atoms with van der Waals surface area (Å²) >= 11 is 0. The Labute approximate surface area is 120 Å². The normalized spacial score (nSPS) is 17.2. The Kier molecular flexibility index (Phi) is 5.56. The summed E-state index contributed by atoms with van der Waals surface area (Å²) in [5.74, 6) is 0.0646. The van der Waals surface area contributed by atoms with Crippen LogP contribution in [-0.4, -0.2) is 42.2 Å². The minimum absolute atomic E-state index is 0.0646. The summed E-state index contributed by atoms with van der Waals surface area (Å²) in [5.41, 5.74) is 2.73. The molecule has 20 heavy (non-hydrogen) atoms. The first-order chi connectivity index (χ1) is 9.76. The maximum Gasteiger partial charge on any atom is 0.234 e. The van der Waals surface area contributed by atoms with Gasteiger partial charge in [-0.25, -0.2) is 0 Å². The topological polar surface area (TPSA) is 52.6 Å². The van der Waals surface area contributed by atoms with Gasteiger partial charge < -0.3 is 10.4 Å². The quantitative estimate of drug-likeness (QED) is 0.793. The van der Waals surface area contributed by atoms with Gasteiger partial charge in [-0.05, 0) is 37.3 Å². The molecule has 0 fully saturated rings. The SMILES string of the molecule is CCNC(=O)CN(CCCO)C1CCc2ccccc21. The van der Waals surface area contributed by atoms with Gasteiger partial charge in [-0.2, -0.15) is 0 Å². The van der Waals surface area contributed by atoms with E-state index < -0.39 is 0 Å². The fourth-order valence-corrected chi connectivity index (χ4v) is 2.97. The number of nitrogens with one attached hydrogen (secondary N) is 1. The van der Waals surface area contributed by atoms with Crippen molar-refractivity contribution in [3.8, 4) is 0 Å². The number of aliphatic hydroxyl groups is 1. The molecule has 1 aliphatic rings. The van der Waals surface area contributed by atoms with Gasteiger partial charge >= 0.3 is 0 Å². The second-order valence-electron chi connectivity index (χ2n) is 5.25. The highest BCUT2D eigenvalue weighted by molar-refractivity contribution is 5.78. The van der Waals surface area contributed by atoms with Crippen LogP contribution in [-0.2, 0) is 11.2 Å². The van der Waals surface area contributed by atoms with Crippen molar-refractivity contribution in [1.29, 1.82) is 0 Å². The number of aliphatic hydroxyl groups excluding tert-OH is 1. The number of carbonyl (C=O) groups is 1. The summed E-state index contributed by atoms with van der Waals surface area (Å²) in [6.45, 7) is 3.93. The number of aryl methyl sites for hydroxylation is 1. The average Bonchev–Trinajstić information content (AvgIpc) is 2.87. The van der Waals surface area contributed by atoms with Crippen LogP contribution >= 0.6 is 0 Å². The first kappa shape index (κ1) is 15.0. The zero-order valence-corrected chi connectivity index (χ0v) is 12.1. The fraction of sp³-hybridized carbons (Fsp3) is 0.562. The van der Waals surface area contributed by atoms with Gasteiger partial charge in [-0.15, -0.1) is 0 Å². The van der Waals surface area contributed by atoms with E-state index in [0.29, 0.717) is 25.6 Å². The third-order valence-corrected chi connectivity index (χ3v) is 3.87. The summed E-state index contributed by atoms with van der Waals surface area (Å²) in [6.07, 6.45) is 2.84. The van der Waals surface area contributed by atoms with Crippen molar-refractivity contribution in [3.63, 3.8) is 0 Å². The Balaban J connectivity index is 2.09. The first-order valence-corrected chi connectivity index (χ1v) is 7.45. The van der Waals surface area contributed by atoms with E-state index in [1.54, 1.807) is 0 Å². The number of fused-ring (bicyclic) bond motifs is 1. The fourth-order valence-electron chi connectivity index (χ4n) is 2.97. The number of hydrogen-bond donors (Lipinski definition) is 2. The predicted octanol–water partition coefficient (Wildman–Crippen LogP) is 1.49. The van der Waals surface area contributed by atoms with Gasteiger partial charge in [0.1, 0.15) is 0 Å². The second-order valence-corrected chi connectivity index (χ2v) is 5.25. The molecule has 0 aromatic heterocycles. The van der Waals surface area contributed by atoms with Gasteiger partial charge in [0, 0.05) is 25.7 Å². The van der Waals surface area contributed by atoms with E-state index in [1.165, 1.54) is 11.1 Å². The van der Waals surface area contributed by atoms with E-state index in [4.69, 9.17) is 5.11 Å². The standard InChI is InChI=1S/C16H24N2O2/c1-2-17-16(20)12-18(10-5-11-19)15-9-8-13-6-3-4-7-14(13)15/h3-4,6-7,15,19H,2,5,8-12H2,1H3,(H,17,20). The third kappa shape index (κ3) is 3.58. The molecule has 0 aliphatic heterocycles. The Morgan fingerprint density at radius 1 is 1.45 bits per heavy atom. The van der Waals surface area contributed by atoms with Crippen LogP contribution in [0.4, 0.5) is 0 Å². The van der Waals surface area contributed by atoms with Crippen molar-refractivity contribution < 1.29 is 9.90 Å². The van der Waals surface area contributed by atoms with Gasteiger partial charge in [0.25, 0.3) is 0 Å². The summed E-state index contributed by atoms with van der Waals surface area (Å²) in [6, 6.07) is 8.78. The van der Waals surface area contributed by atoms with E-state index >= 15 is 0 Å². The van der Waals surface area contributed by atoms with Crippen LogP contribution in [0.25, 0.3) is 0 Å². The lowest BCUT2D eigenvalue weighted by Crippen LogP contribution is -2.39. The number of hydrogen-bond acceptors (Lipinski definition) is 3. The molecule has 0 heterocycles. The highest BCUT2D eigenvalue weighted by Crippen LogP contribution is 2.35. The molecule has 0 bridgehead atoms. The van der Waals surface area contributed by atoms with Crippen molar-refractivity contribution >= 4 is 5.91 Å². The molecular formula is C16H24N2O2. The minimum Gasteiger partial charge on any atom is -0.396 e.